The molecule has 3 aliphatic rings. The van der Waals surface area contributed by atoms with Crippen LogP contribution in [-0.2, 0) is 16.0 Å². The third-order valence-electron chi connectivity index (χ3n) is 5.25. The van der Waals surface area contributed by atoms with Crippen LogP contribution in [0, 0.1) is 11.8 Å². The van der Waals surface area contributed by atoms with Crippen LogP contribution in [0.2, 0.25) is 0 Å². The highest BCUT2D eigenvalue weighted by Crippen LogP contribution is 2.60. The van der Waals surface area contributed by atoms with Crippen LogP contribution in [0.3, 0.4) is 0 Å². The molecule has 0 aromatic heterocycles. The van der Waals surface area contributed by atoms with E-state index in [1.165, 1.54) is 11.1 Å². The van der Waals surface area contributed by atoms with E-state index in [4.69, 9.17) is 0 Å². The van der Waals surface area contributed by atoms with Crippen LogP contribution in [0.4, 0.5) is 0 Å². The number of fused-ring (bicyclic) bond motifs is 3. The quantitative estimate of drug-likeness (QED) is 0.783. The molecule has 1 aromatic rings. The molecule has 1 heterocycles. The molecule has 3 heteroatoms. The molecular weight excluding hydrogens is 250 g/mol. The lowest BCUT2D eigenvalue weighted by Gasteiger charge is -2.26. The highest BCUT2D eigenvalue weighted by atomic mass is 16.2. The minimum Gasteiger partial charge on any atom is -0.342 e. The van der Waals surface area contributed by atoms with Gasteiger partial charge in [0, 0.05) is 31.8 Å². The van der Waals surface area contributed by atoms with Crippen molar-refractivity contribution in [2.45, 2.75) is 31.6 Å². The number of aryl methyl sites for hydroxylation is 1. The van der Waals surface area contributed by atoms with Gasteiger partial charge in [0.1, 0.15) is 5.78 Å². The van der Waals surface area contributed by atoms with E-state index < -0.39 is 0 Å². The minimum atomic E-state index is 0.187. The smallest absolute Gasteiger partial charge is 0.226 e. The number of carbonyl (C=O) groups excluding carboxylic acids is 2. The fourth-order valence-electron chi connectivity index (χ4n) is 4.09. The number of likely N-dealkylation sites (tertiary alicyclic amines) is 1. The molecule has 3 unspecified atom stereocenters. The maximum absolute atomic E-state index is 12.7. The molecule has 1 aliphatic heterocycles. The number of carbonyl (C=O) groups is 2. The van der Waals surface area contributed by atoms with Crippen LogP contribution in [-0.4, -0.2) is 29.7 Å². The van der Waals surface area contributed by atoms with E-state index in [0.717, 1.165) is 12.8 Å². The summed E-state index contributed by atoms with van der Waals surface area (Å²) in [5, 5.41) is 0. The number of amides is 1. The van der Waals surface area contributed by atoms with Gasteiger partial charge in [0.2, 0.25) is 5.91 Å². The van der Waals surface area contributed by atoms with E-state index >= 15 is 0 Å². The Morgan fingerprint density at radius 3 is 2.65 bits per heavy atom. The first-order valence-electron chi connectivity index (χ1n) is 7.64. The average molecular weight is 269 g/mol. The number of ketones is 1. The molecule has 1 amide bonds. The largest absolute Gasteiger partial charge is 0.342 e. The number of hydrogen-bond donors (Lipinski definition) is 0. The third-order valence-corrected chi connectivity index (χ3v) is 5.25. The van der Waals surface area contributed by atoms with Crippen molar-refractivity contribution in [1.29, 1.82) is 0 Å². The average Bonchev–Trinajstić information content (AvgIpc) is 3.22. The van der Waals surface area contributed by atoms with Gasteiger partial charge in [0.25, 0.3) is 0 Å². The number of Topliss-reactive ketones (excluding diaryl/α,β-unsaturated/α-hetero) is 1. The van der Waals surface area contributed by atoms with Crippen LogP contribution >= 0.6 is 0 Å². The first-order chi connectivity index (χ1) is 9.75. The Morgan fingerprint density at radius 1 is 1.10 bits per heavy atom. The lowest BCUT2D eigenvalue weighted by atomic mass is 9.92. The summed E-state index contributed by atoms with van der Waals surface area (Å²) in [6.07, 6.45) is 3.35. The molecule has 0 bridgehead atoms. The fraction of sp³-hybridized carbons (Fsp3) is 0.529. The third kappa shape index (κ3) is 1.80. The molecule has 2 fully saturated rings. The Kier molecular flexibility index (Phi) is 2.69. The normalized spacial score (nSPS) is 31.5. The second-order valence-corrected chi connectivity index (χ2v) is 6.32. The molecule has 2 aliphatic carbocycles. The molecule has 1 aromatic carbocycles. The lowest BCUT2D eigenvalue weighted by Crippen LogP contribution is -2.39. The molecule has 4 rings (SSSR count). The van der Waals surface area contributed by atoms with Gasteiger partial charge >= 0.3 is 0 Å². The van der Waals surface area contributed by atoms with Gasteiger partial charge in [0.05, 0.1) is 0 Å². The van der Waals surface area contributed by atoms with Gasteiger partial charge in [-0.2, -0.15) is 0 Å². The monoisotopic (exact) mass is 269 g/mol. The number of hydrogen-bond acceptors (Lipinski definition) is 2. The fourth-order valence-corrected chi connectivity index (χ4v) is 4.09. The molecule has 1 saturated carbocycles. The molecular formula is C17H19NO2. The van der Waals surface area contributed by atoms with Gasteiger partial charge in [0.15, 0.2) is 0 Å². The summed E-state index contributed by atoms with van der Waals surface area (Å²) in [6.45, 7) is 1.27. The number of benzene rings is 1. The predicted molar refractivity (Wildman–Crippen MR) is 75.3 cm³/mol. The van der Waals surface area contributed by atoms with Gasteiger partial charge < -0.3 is 4.90 Å². The Balaban J connectivity index is 1.52. The second-order valence-electron chi connectivity index (χ2n) is 6.32. The Hall–Kier alpha value is -1.64. The maximum Gasteiger partial charge on any atom is 0.226 e. The number of piperidine rings is 1. The van der Waals surface area contributed by atoms with Crippen molar-refractivity contribution >= 4 is 11.7 Å². The topological polar surface area (TPSA) is 37.4 Å². The van der Waals surface area contributed by atoms with Crippen molar-refractivity contribution in [3.05, 3.63) is 35.4 Å². The molecule has 104 valence electrons. The van der Waals surface area contributed by atoms with Crippen molar-refractivity contribution in [3.63, 3.8) is 0 Å². The molecule has 3 atom stereocenters. The van der Waals surface area contributed by atoms with E-state index in [0.29, 0.717) is 49.5 Å². The van der Waals surface area contributed by atoms with Crippen molar-refractivity contribution < 1.29 is 9.59 Å². The summed E-state index contributed by atoms with van der Waals surface area (Å²) in [7, 11) is 0. The predicted octanol–water partition coefficient (Wildman–Crippen LogP) is 2.15. The van der Waals surface area contributed by atoms with Crippen LogP contribution in [0.15, 0.2) is 24.3 Å². The SMILES string of the molecule is O=C1CCN(C(=O)C2C3CCc4ccccc4C32)CC1. The summed E-state index contributed by atoms with van der Waals surface area (Å²) in [5.41, 5.74) is 2.83. The van der Waals surface area contributed by atoms with Crippen LogP contribution in [0.1, 0.15) is 36.3 Å². The first kappa shape index (κ1) is 12.1. The summed E-state index contributed by atoms with van der Waals surface area (Å²) in [6, 6.07) is 8.57. The zero-order valence-corrected chi connectivity index (χ0v) is 11.5. The first-order valence-corrected chi connectivity index (χ1v) is 7.64. The summed E-state index contributed by atoms with van der Waals surface area (Å²) < 4.78 is 0. The Labute approximate surface area is 119 Å². The lowest BCUT2D eigenvalue weighted by molar-refractivity contribution is -0.136. The van der Waals surface area contributed by atoms with Crippen molar-refractivity contribution in [2.75, 3.05) is 13.1 Å². The van der Waals surface area contributed by atoms with Crippen molar-refractivity contribution in [2.24, 2.45) is 11.8 Å². The van der Waals surface area contributed by atoms with Gasteiger partial charge in [-0.1, -0.05) is 24.3 Å². The number of nitrogens with zero attached hydrogens (tertiary/aromatic N) is 1. The zero-order valence-electron chi connectivity index (χ0n) is 11.5. The van der Waals surface area contributed by atoms with Gasteiger partial charge in [-0.05, 0) is 35.8 Å². The molecule has 20 heavy (non-hydrogen) atoms. The van der Waals surface area contributed by atoms with Gasteiger partial charge in [-0.25, -0.2) is 0 Å². The summed E-state index contributed by atoms with van der Waals surface area (Å²) >= 11 is 0. The Bertz CT molecular complexity index is 570. The molecule has 3 nitrogen and oxygen atoms in total. The van der Waals surface area contributed by atoms with E-state index in [1.54, 1.807) is 0 Å². The van der Waals surface area contributed by atoms with Gasteiger partial charge in [-0.3, -0.25) is 9.59 Å². The minimum absolute atomic E-state index is 0.187. The van der Waals surface area contributed by atoms with E-state index in [9.17, 15) is 9.59 Å². The van der Waals surface area contributed by atoms with E-state index in [2.05, 4.69) is 24.3 Å². The van der Waals surface area contributed by atoms with Crippen LogP contribution in [0.5, 0.6) is 0 Å². The summed E-state index contributed by atoms with van der Waals surface area (Å²) in [4.78, 5) is 25.9. The number of rotatable bonds is 1. The standard InChI is InChI=1S/C17H19NO2/c19-12-7-9-18(10-8-12)17(20)16-14-6-5-11-3-1-2-4-13(11)15(14)16/h1-4,14-16H,5-10H2. The molecule has 0 radical (unpaired) electrons. The van der Waals surface area contributed by atoms with Crippen LogP contribution in [0.25, 0.3) is 0 Å². The highest BCUT2D eigenvalue weighted by Gasteiger charge is 2.57. The van der Waals surface area contributed by atoms with E-state index in [1.807, 2.05) is 4.90 Å². The molecule has 0 N–H and O–H groups in total. The van der Waals surface area contributed by atoms with Gasteiger partial charge in [-0.15, -0.1) is 0 Å². The van der Waals surface area contributed by atoms with Crippen molar-refractivity contribution in [1.82, 2.24) is 4.90 Å². The van der Waals surface area contributed by atoms with Crippen molar-refractivity contribution in [3.8, 4) is 0 Å². The highest BCUT2D eigenvalue weighted by molar-refractivity contribution is 5.87. The molecule has 1 saturated heterocycles. The second kappa shape index (κ2) is 4.44. The van der Waals surface area contributed by atoms with E-state index in [-0.39, 0.29) is 5.92 Å². The maximum atomic E-state index is 12.7. The molecule has 0 spiro atoms. The van der Waals surface area contributed by atoms with Crippen LogP contribution < -0.4 is 0 Å². The summed E-state index contributed by atoms with van der Waals surface area (Å²) in [5.74, 6) is 1.78. The zero-order chi connectivity index (χ0) is 13.7. The Morgan fingerprint density at radius 2 is 1.85 bits per heavy atom.